The highest BCUT2D eigenvalue weighted by molar-refractivity contribution is 6.02. The molecule has 0 atom stereocenters. The fourth-order valence-electron chi connectivity index (χ4n) is 2.04. The van der Waals surface area contributed by atoms with Crippen molar-refractivity contribution in [3.8, 4) is 0 Å². The van der Waals surface area contributed by atoms with Gasteiger partial charge in [0.15, 0.2) is 5.82 Å². The summed E-state index contributed by atoms with van der Waals surface area (Å²) in [6.45, 7) is 6.20. The van der Waals surface area contributed by atoms with Crippen LogP contribution in [-0.4, -0.2) is 20.7 Å². The lowest BCUT2D eigenvalue weighted by Gasteiger charge is -2.11. The average Bonchev–Trinajstić information content (AvgIpc) is 2.98. The van der Waals surface area contributed by atoms with Crippen molar-refractivity contribution in [3.05, 3.63) is 35.8 Å². The van der Waals surface area contributed by atoms with Gasteiger partial charge in [-0.15, -0.1) is 0 Å². The van der Waals surface area contributed by atoms with Gasteiger partial charge >= 0.3 is 0 Å². The summed E-state index contributed by atoms with van der Waals surface area (Å²) >= 11 is 0. The molecule has 2 aromatic heterocycles. The lowest BCUT2D eigenvalue weighted by molar-refractivity contribution is 0.101. The third kappa shape index (κ3) is 3.05. The molecule has 2 rings (SSSR count). The molecule has 0 spiro atoms. The minimum Gasteiger partial charge on any atom is -0.341 e. The summed E-state index contributed by atoms with van der Waals surface area (Å²) in [6, 6.07) is 5.83. The normalized spacial score (nSPS) is 10.9. The Hall–Kier alpha value is -2.04. The van der Waals surface area contributed by atoms with Crippen LogP contribution in [-0.2, 0) is 6.42 Å². The second-order valence-corrected chi connectivity index (χ2v) is 4.88. The van der Waals surface area contributed by atoms with Crippen molar-refractivity contribution in [2.45, 2.75) is 39.7 Å². The molecule has 0 aliphatic heterocycles. The molecule has 5 nitrogen and oxygen atoms in total. The molecule has 0 aromatic carbocycles. The minimum absolute atomic E-state index is 0.131. The predicted molar refractivity (Wildman–Crippen MR) is 75.4 cm³/mol. The Morgan fingerprint density at radius 2 is 2.32 bits per heavy atom. The number of hydrogen-bond acceptors (Lipinski definition) is 2. The molecular formula is C14H20N4O. The molecule has 0 unspecified atom stereocenters. The molecule has 2 heterocycles. The van der Waals surface area contributed by atoms with Gasteiger partial charge in [0.05, 0.1) is 0 Å². The van der Waals surface area contributed by atoms with E-state index in [0.717, 1.165) is 18.5 Å². The molecule has 0 fully saturated rings. The van der Waals surface area contributed by atoms with Gasteiger partial charge in [0, 0.05) is 24.0 Å². The zero-order valence-corrected chi connectivity index (χ0v) is 11.6. The molecule has 0 saturated heterocycles. The number of carbonyl (C=O) groups is 1. The number of nitrogens with one attached hydrogen (secondary N) is 2. The smallest absolute Gasteiger partial charge is 0.273 e. The van der Waals surface area contributed by atoms with E-state index >= 15 is 0 Å². The first kappa shape index (κ1) is 13.4. The molecule has 0 radical (unpaired) electrons. The highest BCUT2D eigenvalue weighted by atomic mass is 16.2. The Morgan fingerprint density at radius 3 is 3.00 bits per heavy atom. The van der Waals surface area contributed by atoms with E-state index in [0.29, 0.717) is 11.5 Å². The van der Waals surface area contributed by atoms with Crippen LogP contribution in [0.3, 0.4) is 0 Å². The van der Waals surface area contributed by atoms with Crippen molar-refractivity contribution >= 4 is 11.7 Å². The number of H-pyrrole nitrogens is 1. The van der Waals surface area contributed by atoms with Crippen LogP contribution in [0.15, 0.2) is 24.4 Å². The van der Waals surface area contributed by atoms with Gasteiger partial charge < -0.3 is 9.88 Å². The van der Waals surface area contributed by atoms with Gasteiger partial charge in [-0.25, -0.2) is 0 Å². The van der Waals surface area contributed by atoms with Crippen LogP contribution in [0.1, 0.15) is 49.4 Å². The SMILES string of the molecule is CCCc1cc(NC(=O)c2cccn2C(C)C)n[nH]1. The highest BCUT2D eigenvalue weighted by Gasteiger charge is 2.13. The number of rotatable bonds is 5. The van der Waals surface area contributed by atoms with Crippen molar-refractivity contribution in [2.24, 2.45) is 0 Å². The van der Waals surface area contributed by atoms with Gasteiger partial charge in [-0.05, 0) is 32.4 Å². The Bertz CT molecular complexity index is 553. The summed E-state index contributed by atoms with van der Waals surface area (Å²) in [5.74, 6) is 0.443. The topological polar surface area (TPSA) is 62.7 Å². The maximum Gasteiger partial charge on any atom is 0.273 e. The zero-order chi connectivity index (χ0) is 13.8. The van der Waals surface area contributed by atoms with E-state index < -0.39 is 0 Å². The molecule has 1 amide bonds. The molecule has 0 saturated carbocycles. The minimum atomic E-state index is -0.131. The third-order valence-corrected chi connectivity index (χ3v) is 2.96. The molecule has 0 bridgehead atoms. The van der Waals surface area contributed by atoms with Crippen molar-refractivity contribution in [1.29, 1.82) is 0 Å². The van der Waals surface area contributed by atoms with E-state index in [4.69, 9.17) is 0 Å². The standard InChI is InChI=1S/C14H20N4O/c1-4-6-11-9-13(17-16-11)15-14(19)12-7-5-8-18(12)10(2)3/h5,7-10H,4,6H2,1-3H3,(H2,15,16,17,19). The molecule has 0 aliphatic rings. The fraction of sp³-hybridized carbons (Fsp3) is 0.429. The maximum absolute atomic E-state index is 12.2. The van der Waals surface area contributed by atoms with Gasteiger partial charge in [0.2, 0.25) is 0 Å². The lowest BCUT2D eigenvalue weighted by Crippen LogP contribution is -2.17. The summed E-state index contributed by atoms with van der Waals surface area (Å²) in [6.07, 6.45) is 3.89. The molecule has 19 heavy (non-hydrogen) atoms. The van der Waals surface area contributed by atoms with Gasteiger partial charge in [0.25, 0.3) is 5.91 Å². The van der Waals surface area contributed by atoms with Crippen molar-refractivity contribution in [3.63, 3.8) is 0 Å². The van der Waals surface area contributed by atoms with E-state index in [1.54, 1.807) is 0 Å². The van der Waals surface area contributed by atoms with Crippen LogP contribution in [0.2, 0.25) is 0 Å². The Kier molecular flexibility index (Phi) is 4.04. The molecule has 102 valence electrons. The monoisotopic (exact) mass is 260 g/mol. The molecule has 2 N–H and O–H groups in total. The molecule has 2 aromatic rings. The van der Waals surface area contributed by atoms with Crippen molar-refractivity contribution < 1.29 is 4.79 Å². The summed E-state index contributed by atoms with van der Waals surface area (Å²) in [5.41, 5.74) is 1.69. The number of amides is 1. The summed E-state index contributed by atoms with van der Waals surface area (Å²) in [7, 11) is 0. The first-order valence-electron chi connectivity index (χ1n) is 6.64. The van der Waals surface area contributed by atoms with Gasteiger partial charge in [0.1, 0.15) is 5.69 Å². The van der Waals surface area contributed by atoms with Crippen LogP contribution in [0.4, 0.5) is 5.82 Å². The number of carbonyl (C=O) groups excluding carboxylic acids is 1. The quantitative estimate of drug-likeness (QED) is 0.868. The van der Waals surface area contributed by atoms with Crippen LogP contribution in [0.5, 0.6) is 0 Å². The first-order valence-corrected chi connectivity index (χ1v) is 6.64. The van der Waals surface area contributed by atoms with Gasteiger partial charge in [-0.1, -0.05) is 13.3 Å². The lowest BCUT2D eigenvalue weighted by atomic mass is 10.2. The summed E-state index contributed by atoms with van der Waals surface area (Å²) in [4.78, 5) is 12.2. The van der Waals surface area contributed by atoms with Crippen LogP contribution in [0.25, 0.3) is 0 Å². The predicted octanol–water partition coefficient (Wildman–Crippen LogP) is 3.00. The molecule has 0 aliphatic carbocycles. The third-order valence-electron chi connectivity index (χ3n) is 2.96. The van der Waals surface area contributed by atoms with E-state index in [9.17, 15) is 4.79 Å². The summed E-state index contributed by atoms with van der Waals surface area (Å²) in [5, 5.41) is 9.83. The number of aromatic amines is 1. The Balaban J connectivity index is 2.09. The van der Waals surface area contributed by atoms with Gasteiger partial charge in [-0.3, -0.25) is 9.89 Å². The largest absolute Gasteiger partial charge is 0.341 e. The van der Waals surface area contributed by atoms with E-state index in [1.807, 2.05) is 42.8 Å². The number of aryl methyl sites for hydroxylation is 1. The number of nitrogens with zero attached hydrogens (tertiary/aromatic N) is 2. The Labute approximate surface area is 113 Å². The van der Waals surface area contributed by atoms with Crippen LogP contribution in [0, 0.1) is 0 Å². The highest BCUT2D eigenvalue weighted by Crippen LogP contribution is 2.13. The van der Waals surface area contributed by atoms with Crippen molar-refractivity contribution in [1.82, 2.24) is 14.8 Å². The van der Waals surface area contributed by atoms with E-state index in [2.05, 4.69) is 22.4 Å². The fourth-order valence-corrected chi connectivity index (χ4v) is 2.04. The average molecular weight is 260 g/mol. The number of aromatic nitrogens is 3. The first-order chi connectivity index (χ1) is 9.11. The molecular weight excluding hydrogens is 240 g/mol. The van der Waals surface area contributed by atoms with E-state index in [-0.39, 0.29) is 11.9 Å². The second kappa shape index (κ2) is 5.73. The number of anilines is 1. The zero-order valence-electron chi connectivity index (χ0n) is 11.6. The van der Waals surface area contributed by atoms with Gasteiger partial charge in [-0.2, -0.15) is 5.10 Å². The van der Waals surface area contributed by atoms with Crippen LogP contribution >= 0.6 is 0 Å². The molecule has 5 heteroatoms. The Morgan fingerprint density at radius 1 is 1.53 bits per heavy atom. The van der Waals surface area contributed by atoms with Crippen LogP contribution < -0.4 is 5.32 Å². The van der Waals surface area contributed by atoms with E-state index in [1.165, 1.54) is 0 Å². The number of hydrogen-bond donors (Lipinski definition) is 2. The summed E-state index contributed by atoms with van der Waals surface area (Å²) < 4.78 is 1.94. The second-order valence-electron chi connectivity index (χ2n) is 4.88. The maximum atomic E-state index is 12.2. The van der Waals surface area contributed by atoms with Crippen molar-refractivity contribution in [2.75, 3.05) is 5.32 Å².